The molecule has 1 aliphatic carbocycles. The largest absolute Gasteiger partial charge is 0.354 e. The minimum Gasteiger partial charge on any atom is -0.354 e. The van der Waals surface area contributed by atoms with Gasteiger partial charge in [-0.05, 0) is 42.5 Å². The fourth-order valence-electron chi connectivity index (χ4n) is 4.73. The highest BCUT2D eigenvalue weighted by Gasteiger charge is 2.28. The molecule has 0 spiro atoms. The van der Waals surface area contributed by atoms with E-state index in [0.717, 1.165) is 32.4 Å². The van der Waals surface area contributed by atoms with Crippen molar-refractivity contribution < 1.29 is 4.79 Å². The second-order valence-electron chi connectivity index (χ2n) is 8.13. The van der Waals surface area contributed by atoms with E-state index in [0.29, 0.717) is 6.54 Å². The molecule has 1 atom stereocenters. The smallest absolute Gasteiger partial charge is 0.223 e. The van der Waals surface area contributed by atoms with Crippen LogP contribution in [0.1, 0.15) is 55.0 Å². The lowest BCUT2D eigenvalue weighted by atomic mass is 9.88. The first-order chi connectivity index (χ1) is 13.2. The monoisotopic (exact) mass is 365 g/mol. The Morgan fingerprint density at radius 2 is 1.89 bits per heavy atom. The van der Waals surface area contributed by atoms with Crippen molar-refractivity contribution in [3.05, 3.63) is 59.4 Å². The van der Waals surface area contributed by atoms with Crippen molar-refractivity contribution >= 4 is 5.91 Å². The van der Waals surface area contributed by atoms with E-state index in [4.69, 9.17) is 0 Å². The van der Waals surface area contributed by atoms with Gasteiger partial charge in [0, 0.05) is 44.5 Å². The molecule has 2 aliphatic rings. The van der Waals surface area contributed by atoms with Crippen molar-refractivity contribution in [3.8, 4) is 0 Å². The molecule has 4 nitrogen and oxygen atoms in total. The van der Waals surface area contributed by atoms with Crippen LogP contribution < -0.4 is 5.32 Å². The quantitative estimate of drug-likeness (QED) is 0.875. The van der Waals surface area contributed by atoms with Crippen LogP contribution in [-0.4, -0.2) is 28.5 Å². The van der Waals surface area contributed by atoms with Gasteiger partial charge in [0.05, 0.1) is 6.04 Å². The van der Waals surface area contributed by atoms with Crippen LogP contribution in [-0.2, 0) is 24.8 Å². The predicted octanol–water partition coefficient (Wildman–Crippen LogP) is 3.82. The van der Waals surface area contributed by atoms with Gasteiger partial charge in [0.15, 0.2) is 0 Å². The summed E-state index contributed by atoms with van der Waals surface area (Å²) in [7, 11) is 2.10. The van der Waals surface area contributed by atoms with Crippen LogP contribution in [0.4, 0.5) is 0 Å². The first-order valence-corrected chi connectivity index (χ1v) is 10.4. The Kier molecular flexibility index (Phi) is 5.63. The van der Waals surface area contributed by atoms with Crippen LogP contribution in [0, 0.1) is 5.92 Å². The summed E-state index contributed by atoms with van der Waals surface area (Å²) in [6.45, 7) is 2.67. The standard InChI is InChI=1S/C23H31N3O/c1-25-14-7-12-21(25)22(16-24-23(27)19-9-3-2-4-10-19)26-15-13-18-8-5-6-11-20(18)17-26/h5-8,11-12,14,19,22H,2-4,9-10,13,15-17H2,1H3,(H,24,27)/t22-/m1/s1. The third-order valence-corrected chi connectivity index (χ3v) is 6.37. The fourth-order valence-corrected chi connectivity index (χ4v) is 4.73. The summed E-state index contributed by atoms with van der Waals surface area (Å²) in [5.41, 5.74) is 4.16. The molecule has 1 saturated carbocycles. The molecule has 0 saturated heterocycles. The van der Waals surface area contributed by atoms with Gasteiger partial charge in [0.2, 0.25) is 5.91 Å². The first-order valence-electron chi connectivity index (χ1n) is 10.4. The van der Waals surface area contributed by atoms with Crippen LogP contribution in [0.5, 0.6) is 0 Å². The van der Waals surface area contributed by atoms with Gasteiger partial charge in [-0.15, -0.1) is 0 Å². The molecule has 0 unspecified atom stereocenters. The molecule has 2 heterocycles. The molecule has 1 fully saturated rings. The van der Waals surface area contributed by atoms with Gasteiger partial charge in [-0.3, -0.25) is 9.69 Å². The second-order valence-corrected chi connectivity index (χ2v) is 8.13. The highest BCUT2D eigenvalue weighted by Crippen LogP contribution is 2.28. The molecule has 1 aliphatic heterocycles. The number of rotatable bonds is 5. The molecule has 1 N–H and O–H groups in total. The van der Waals surface area contributed by atoms with Crippen LogP contribution in [0.2, 0.25) is 0 Å². The van der Waals surface area contributed by atoms with Gasteiger partial charge < -0.3 is 9.88 Å². The summed E-state index contributed by atoms with van der Waals surface area (Å²) in [6, 6.07) is 13.3. The third kappa shape index (κ3) is 4.11. The molecule has 1 aromatic carbocycles. The van der Waals surface area contributed by atoms with Crippen molar-refractivity contribution in [3.63, 3.8) is 0 Å². The maximum Gasteiger partial charge on any atom is 0.223 e. The number of nitrogens with one attached hydrogen (secondary N) is 1. The highest BCUT2D eigenvalue weighted by molar-refractivity contribution is 5.78. The number of carbonyl (C=O) groups is 1. The van der Waals surface area contributed by atoms with E-state index in [1.807, 2.05) is 0 Å². The number of hydrogen-bond donors (Lipinski definition) is 1. The van der Waals surface area contributed by atoms with Gasteiger partial charge in [-0.1, -0.05) is 43.5 Å². The van der Waals surface area contributed by atoms with Crippen molar-refractivity contribution in [1.82, 2.24) is 14.8 Å². The molecular formula is C23H31N3O. The zero-order chi connectivity index (χ0) is 18.6. The van der Waals surface area contributed by atoms with Gasteiger partial charge in [-0.2, -0.15) is 0 Å². The third-order valence-electron chi connectivity index (χ3n) is 6.37. The average molecular weight is 366 g/mol. The summed E-state index contributed by atoms with van der Waals surface area (Å²) in [5, 5.41) is 3.30. The van der Waals surface area contributed by atoms with Gasteiger partial charge >= 0.3 is 0 Å². The highest BCUT2D eigenvalue weighted by atomic mass is 16.1. The molecule has 27 heavy (non-hydrogen) atoms. The Morgan fingerprint density at radius 3 is 2.63 bits per heavy atom. The van der Waals surface area contributed by atoms with Crippen LogP contribution in [0.15, 0.2) is 42.6 Å². The van der Waals surface area contributed by atoms with Crippen molar-refractivity contribution in [2.45, 2.75) is 51.1 Å². The van der Waals surface area contributed by atoms with Crippen LogP contribution >= 0.6 is 0 Å². The van der Waals surface area contributed by atoms with E-state index < -0.39 is 0 Å². The van der Waals surface area contributed by atoms with Crippen molar-refractivity contribution in [2.75, 3.05) is 13.1 Å². The number of aromatic nitrogens is 1. The maximum absolute atomic E-state index is 12.7. The zero-order valence-electron chi connectivity index (χ0n) is 16.4. The molecule has 144 valence electrons. The van der Waals surface area contributed by atoms with Crippen molar-refractivity contribution in [1.29, 1.82) is 0 Å². The lowest BCUT2D eigenvalue weighted by Crippen LogP contribution is -2.43. The lowest BCUT2D eigenvalue weighted by Gasteiger charge is -2.36. The normalized spacial score (nSPS) is 19.4. The molecule has 2 aromatic rings. The van der Waals surface area contributed by atoms with Gasteiger partial charge in [-0.25, -0.2) is 0 Å². The van der Waals surface area contributed by atoms with Crippen LogP contribution in [0.3, 0.4) is 0 Å². The molecule has 0 radical (unpaired) electrons. The van der Waals surface area contributed by atoms with E-state index in [1.54, 1.807) is 0 Å². The number of fused-ring (bicyclic) bond motifs is 1. The Bertz CT molecular complexity index is 775. The predicted molar refractivity (Wildman–Crippen MR) is 108 cm³/mol. The minimum absolute atomic E-state index is 0.214. The van der Waals surface area contributed by atoms with E-state index in [9.17, 15) is 4.79 Å². The Hall–Kier alpha value is -2.07. The number of benzene rings is 1. The van der Waals surface area contributed by atoms with Gasteiger partial charge in [0.25, 0.3) is 0 Å². The van der Waals surface area contributed by atoms with E-state index in [-0.39, 0.29) is 17.9 Å². The average Bonchev–Trinajstić information content (AvgIpc) is 3.14. The molecule has 1 amide bonds. The second kappa shape index (κ2) is 8.30. The summed E-state index contributed by atoms with van der Waals surface area (Å²) < 4.78 is 2.19. The summed E-state index contributed by atoms with van der Waals surface area (Å²) in [5.74, 6) is 0.473. The molecule has 1 aromatic heterocycles. The summed E-state index contributed by atoms with van der Waals surface area (Å²) >= 11 is 0. The molecule has 4 heteroatoms. The zero-order valence-corrected chi connectivity index (χ0v) is 16.4. The maximum atomic E-state index is 12.7. The van der Waals surface area contributed by atoms with Gasteiger partial charge in [0.1, 0.15) is 0 Å². The molecule has 4 rings (SSSR count). The van der Waals surface area contributed by atoms with Crippen molar-refractivity contribution in [2.24, 2.45) is 13.0 Å². The minimum atomic E-state index is 0.214. The fraction of sp³-hybridized carbons (Fsp3) is 0.522. The first kappa shape index (κ1) is 18.3. The van der Waals surface area contributed by atoms with E-state index in [2.05, 4.69) is 64.4 Å². The lowest BCUT2D eigenvalue weighted by molar-refractivity contribution is -0.126. The number of amides is 1. The molecule has 0 bridgehead atoms. The Morgan fingerprint density at radius 1 is 1.11 bits per heavy atom. The molecular weight excluding hydrogens is 334 g/mol. The number of aryl methyl sites for hydroxylation is 1. The SMILES string of the molecule is Cn1cccc1[C@@H](CNC(=O)C1CCCCC1)N1CCc2ccccc2C1. The number of carbonyl (C=O) groups excluding carboxylic acids is 1. The summed E-state index contributed by atoms with van der Waals surface area (Å²) in [4.78, 5) is 15.2. The van der Waals surface area contributed by atoms with Crippen LogP contribution in [0.25, 0.3) is 0 Å². The number of hydrogen-bond acceptors (Lipinski definition) is 2. The Balaban J connectivity index is 1.48. The van der Waals surface area contributed by atoms with E-state index in [1.165, 1.54) is 36.1 Å². The van der Waals surface area contributed by atoms with E-state index >= 15 is 0 Å². The topological polar surface area (TPSA) is 37.3 Å². The summed E-state index contributed by atoms with van der Waals surface area (Å²) in [6.07, 6.45) is 8.96. The Labute approximate surface area is 162 Å². The number of nitrogens with zero attached hydrogens (tertiary/aromatic N) is 2.